The molecule has 3 rings (SSSR count). The summed E-state index contributed by atoms with van der Waals surface area (Å²) in [6.07, 6.45) is 1.10. The molecular formula is C13H14N4O3S2. The number of anilines is 1. The van der Waals surface area contributed by atoms with E-state index in [0.29, 0.717) is 16.6 Å². The highest BCUT2D eigenvalue weighted by Gasteiger charge is 2.15. The molecule has 7 nitrogen and oxygen atoms in total. The van der Waals surface area contributed by atoms with Gasteiger partial charge in [-0.25, -0.2) is 13.4 Å². The number of fused-ring (bicyclic) bond motifs is 1. The Kier molecular flexibility index (Phi) is 3.53. The number of rotatable bonds is 4. The van der Waals surface area contributed by atoms with Crippen molar-refractivity contribution in [3.63, 3.8) is 0 Å². The van der Waals surface area contributed by atoms with E-state index in [9.17, 15) is 8.42 Å². The van der Waals surface area contributed by atoms with Gasteiger partial charge in [0.15, 0.2) is 0 Å². The molecule has 0 atom stereocenters. The first-order valence-electron chi connectivity index (χ1n) is 6.35. The summed E-state index contributed by atoms with van der Waals surface area (Å²) in [6, 6.07) is 7.23. The minimum absolute atomic E-state index is 0.367. The molecule has 116 valence electrons. The van der Waals surface area contributed by atoms with E-state index in [4.69, 9.17) is 4.74 Å². The third-order valence-electron chi connectivity index (χ3n) is 2.89. The molecule has 0 fully saturated rings. The van der Waals surface area contributed by atoms with E-state index in [1.165, 1.54) is 16.0 Å². The molecule has 0 bridgehead atoms. The number of aromatic nitrogens is 3. The number of nitrogens with zero attached hydrogens (tertiary/aromatic N) is 3. The van der Waals surface area contributed by atoms with Crippen molar-refractivity contribution in [3.05, 3.63) is 30.0 Å². The first-order valence-corrected chi connectivity index (χ1v) is 9.06. The lowest BCUT2D eigenvalue weighted by Gasteiger charge is -2.04. The van der Waals surface area contributed by atoms with Gasteiger partial charge in [-0.1, -0.05) is 11.3 Å². The standard InChI is InChI=1S/C13H14N4O3S2/c1-8-6-12(16-22(3,18)19)17(15-8)13-14-10-5-4-9(20-2)7-11(10)21-13/h4-7,16H,1-3H3. The summed E-state index contributed by atoms with van der Waals surface area (Å²) >= 11 is 1.41. The summed E-state index contributed by atoms with van der Waals surface area (Å²) in [4.78, 5) is 4.49. The van der Waals surface area contributed by atoms with Crippen LogP contribution in [-0.2, 0) is 10.0 Å². The molecule has 0 spiro atoms. The average Bonchev–Trinajstić information content (AvgIpc) is 2.99. The van der Waals surface area contributed by atoms with Gasteiger partial charge in [0.05, 0.1) is 29.3 Å². The maximum Gasteiger partial charge on any atom is 0.230 e. The number of hydrogen-bond donors (Lipinski definition) is 1. The molecule has 0 amide bonds. The molecular weight excluding hydrogens is 324 g/mol. The zero-order chi connectivity index (χ0) is 15.9. The minimum atomic E-state index is -3.39. The Labute approximate surface area is 131 Å². The van der Waals surface area contributed by atoms with Crippen molar-refractivity contribution in [2.45, 2.75) is 6.92 Å². The van der Waals surface area contributed by atoms with Gasteiger partial charge in [-0.15, -0.1) is 0 Å². The predicted molar refractivity (Wildman–Crippen MR) is 86.5 cm³/mol. The van der Waals surface area contributed by atoms with Crippen LogP contribution in [0.4, 0.5) is 5.82 Å². The van der Waals surface area contributed by atoms with E-state index in [1.54, 1.807) is 20.1 Å². The number of thiazole rings is 1. The molecule has 0 saturated heterocycles. The fourth-order valence-electron chi connectivity index (χ4n) is 2.02. The second-order valence-electron chi connectivity index (χ2n) is 4.79. The van der Waals surface area contributed by atoms with Crippen molar-refractivity contribution in [1.82, 2.24) is 14.8 Å². The van der Waals surface area contributed by atoms with Gasteiger partial charge in [0.2, 0.25) is 15.2 Å². The van der Waals surface area contributed by atoms with Crippen molar-refractivity contribution in [2.75, 3.05) is 18.1 Å². The zero-order valence-electron chi connectivity index (χ0n) is 12.2. The average molecular weight is 338 g/mol. The Morgan fingerprint density at radius 1 is 1.32 bits per heavy atom. The summed E-state index contributed by atoms with van der Waals surface area (Å²) < 4.78 is 33.0. The van der Waals surface area contributed by atoms with Crippen LogP contribution in [0.1, 0.15) is 5.69 Å². The molecule has 0 aliphatic rings. The van der Waals surface area contributed by atoms with Crippen LogP contribution in [0.5, 0.6) is 5.75 Å². The molecule has 1 aromatic carbocycles. The second-order valence-corrected chi connectivity index (χ2v) is 7.54. The highest BCUT2D eigenvalue weighted by atomic mass is 32.2. The van der Waals surface area contributed by atoms with Gasteiger partial charge in [-0.2, -0.15) is 9.78 Å². The molecule has 1 N–H and O–H groups in total. The Morgan fingerprint density at radius 2 is 2.09 bits per heavy atom. The van der Waals surface area contributed by atoms with E-state index in [0.717, 1.165) is 22.2 Å². The van der Waals surface area contributed by atoms with Gasteiger partial charge in [-0.3, -0.25) is 4.72 Å². The number of hydrogen-bond acceptors (Lipinski definition) is 6. The van der Waals surface area contributed by atoms with Gasteiger partial charge in [0.25, 0.3) is 0 Å². The van der Waals surface area contributed by atoms with Crippen LogP contribution in [0.2, 0.25) is 0 Å². The number of methoxy groups -OCH3 is 1. The predicted octanol–water partition coefficient (Wildman–Crippen LogP) is 2.17. The van der Waals surface area contributed by atoms with E-state index in [-0.39, 0.29) is 0 Å². The van der Waals surface area contributed by atoms with Crippen LogP contribution >= 0.6 is 11.3 Å². The van der Waals surface area contributed by atoms with E-state index in [2.05, 4.69) is 14.8 Å². The van der Waals surface area contributed by atoms with Gasteiger partial charge in [0, 0.05) is 6.07 Å². The second kappa shape index (κ2) is 5.25. The molecule has 0 saturated carbocycles. The molecule has 3 aromatic rings. The van der Waals surface area contributed by atoms with Crippen LogP contribution in [-0.4, -0.2) is 36.5 Å². The first-order chi connectivity index (χ1) is 10.4. The highest BCUT2D eigenvalue weighted by molar-refractivity contribution is 7.92. The van der Waals surface area contributed by atoms with Crippen LogP contribution in [0, 0.1) is 6.92 Å². The van der Waals surface area contributed by atoms with E-state index in [1.807, 2.05) is 18.2 Å². The summed E-state index contributed by atoms with van der Waals surface area (Å²) in [5.41, 5.74) is 1.50. The SMILES string of the molecule is COc1ccc2nc(-n3nc(C)cc3NS(C)(=O)=O)sc2c1. The van der Waals surface area contributed by atoms with Gasteiger partial charge in [0.1, 0.15) is 11.6 Å². The monoisotopic (exact) mass is 338 g/mol. The number of aryl methyl sites for hydroxylation is 1. The number of ether oxygens (including phenoxy) is 1. The largest absolute Gasteiger partial charge is 0.497 e. The lowest BCUT2D eigenvalue weighted by atomic mass is 10.3. The number of nitrogens with one attached hydrogen (secondary N) is 1. The fraction of sp³-hybridized carbons (Fsp3) is 0.231. The Balaban J connectivity index is 2.11. The third kappa shape index (κ3) is 2.90. The van der Waals surface area contributed by atoms with Crippen molar-refractivity contribution in [2.24, 2.45) is 0 Å². The molecule has 2 aromatic heterocycles. The summed E-state index contributed by atoms with van der Waals surface area (Å²) in [6.45, 7) is 1.79. The number of benzene rings is 1. The van der Waals surface area contributed by atoms with Crippen molar-refractivity contribution in [3.8, 4) is 10.9 Å². The van der Waals surface area contributed by atoms with Gasteiger partial charge >= 0.3 is 0 Å². The highest BCUT2D eigenvalue weighted by Crippen LogP contribution is 2.30. The normalized spacial score (nSPS) is 11.8. The zero-order valence-corrected chi connectivity index (χ0v) is 13.8. The fourth-order valence-corrected chi connectivity index (χ4v) is 3.50. The molecule has 0 aliphatic carbocycles. The Morgan fingerprint density at radius 3 is 2.77 bits per heavy atom. The molecule has 9 heteroatoms. The summed E-state index contributed by atoms with van der Waals surface area (Å²) in [5, 5.41) is 4.89. The van der Waals surface area contributed by atoms with E-state index < -0.39 is 10.0 Å². The molecule has 22 heavy (non-hydrogen) atoms. The Hall–Kier alpha value is -2.13. The lowest BCUT2D eigenvalue weighted by molar-refractivity contribution is 0.415. The third-order valence-corrected chi connectivity index (χ3v) is 4.46. The van der Waals surface area contributed by atoms with Crippen molar-refractivity contribution in [1.29, 1.82) is 0 Å². The van der Waals surface area contributed by atoms with Crippen LogP contribution in [0.3, 0.4) is 0 Å². The maximum absolute atomic E-state index is 11.5. The smallest absolute Gasteiger partial charge is 0.230 e. The van der Waals surface area contributed by atoms with Crippen LogP contribution in [0.25, 0.3) is 15.3 Å². The van der Waals surface area contributed by atoms with Gasteiger partial charge in [-0.05, 0) is 25.1 Å². The maximum atomic E-state index is 11.5. The van der Waals surface area contributed by atoms with Crippen molar-refractivity contribution >= 4 is 37.4 Å². The quantitative estimate of drug-likeness (QED) is 0.788. The number of sulfonamides is 1. The van der Waals surface area contributed by atoms with Crippen LogP contribution < -0.4 is 9.46 Å². The molecule has 2 heterocycles. The summed E-state index contributed by atoms with van der Waals surface area (Å²) in [7, 11) is -1.78. The lowest BCUT2D eigenvalue weighted by Crippen LogP contribution is -2.13. The first kappa shape index (κ1) is 14.8. The van der Waals surface area contributed by atoms with Crippen LogP contribution in [0.15, 0.2) is 24.3 Å². The minimum Gasteiger partial charge on any atom is -0.497 e. The molecule has 0 radical (unpaired) electrons. The topological polar surface area (TPSA) is 86.1 Å². The molecule has 0 aliphatic heterocycles. The van der Waals surface area contributed by atoms with Gasteiger partial charge < -0.3 is 4.74 Å². The van der Waals surface area contributed by atoms with Crippen molar-refractivity contribution < 1.29 is 13.2 Å². The molecule has 0 unspecified atom stereocenters. The Bertz CT molecular complexity index is 944. The summed E-state index contributed by atoms with van der Waals surface area (Å²) in [5.74, 6) is 1.11. The van der Waals surface area contributed by atoms with E-state index >= 15 is 0 Å².